The van der Waals surface area contributed by atoms with Crippen LogP contribution in [0.5, 0.6) is 5.75 Å². The molecule has 0 radical (unpaired) electrons. The molecule has 2 N–H and O–H groups in total. The molecule has 1 fully saturated rings. The van der Waals surface area contributed by atoms with Crippen molar-refractivity contribution in [2.24, 2.45) is 11.1 Å². The highest BCUT2D eigenvalue weighted by Crippen LogP contribution is 2.32. The van der Waals surface area contributed by atoms with E-state index in [-0.39, 0.29) is 17.8 Å². The molecule has 1 heterocycles. The van der Waals surface area contributed by atoms with Crippen LogP contribution in [-0.4, -0.2) is 39.5 Å². The smallest absolute Gasteiger partial charge is 0.243 e. The molecular weight excluding hydrogens is 300 g/mol. The van der Waals surface area contributed by atoms with E-state index < -0.39 is 10.0 Å². The van der Waals surface area contributed by atoms with Crippen molar-refractivity contribution >= 4 is 22.4 Å². The summed E-state index contributed by atoms with van der Waals surface area (Å²) in [5, 5.41) is 0. The predicted molar refractivity (Wildman–Crippen MR) is 80.8 cm³/mol. The van der Waals surface area contributed by atoms with Gasteiger partial charge in [-0.2, -0.15) is 4.31 Å². The van der Waals surface area contributed by atoms with Crippen molar-refractivity contribution in [2.75, 3.05) is 26.7 Å². The molecule has 1 atom stereocenters. The Balaban J connectivity index is 0.00000200. The van der Waals surface area contributed by atoms with Gasteiger partial charge in [-0.3, -0.25) is 0 Å². The van der Waals surface area contributed by atoms with Crippen LogP contribution in [0, 0.1) is 5.41 Å². The van der Waals surface area contributed by atoms with E-state index in [1.54, 1.807) is 31.4 Å². The zero-order chi connectivity index (χ0) is 14.1. The van der Waals surface area contributed by atoms with Crippen LogP contribution in [-0.2, 0) is 10.0 Å². The fourth-order valence-corrected chi connectivity index (χ4v) is 3.84. The Morgan fingerprint density at radius 3 is 2.40 bits per heavy atom. The van der Waals surface area contributed by atoms with E-state index in [4.69, 9.17) is 10.5 Å². The lowest BCUT2D eigenvalue weighted by Gasteiger charge is -2.22. The molecule has 0 aliphatic carbocycles. The van der Waals surface area contributed by atoms with Gasteiger partial charge in [-0.1, -0.05) is 6.92 Å². The van der Waals surface area contributed by atoms with Gasteiger partial charge in [0.15, 0.2) is 0 Å². The number of hydrogen-bond donors (Lipinski definition) is 1. The van der Waals surface area contributed by atoms with E-state index in [0.717, 1.165) is 6.42 Å². The lowest BCUT2D eigenvalue weighted by molar-refractivity contribution is 0.349. The Labute approximate surface area is 126 Å². The highest BCUT2D eigenvalue weighted by atomic mass is 35.5. The SMILES string of the molecule is COc1ccc(S(=O)(=O)N2CCC(C)(CN)C2)cc1.Cl. The summed E-state index contributed by atoms with van der Waals surface area (Å²) in [5.41, 5.74) is 5.60. The second-order valence-electron chi connectivity index (χ2n) is 5.28. The monoisotopic (exact) mass is 320 g/mol. The van der Waals surface area contributed by atoms with Gasteiger partial charge in [0.2, 0.25) is 10.0 Å². The third kappa shape index (κ3) is 3.25. The summed E-state index contributed by atoms with van der Waals surface area (Å²) in [6.45, 7) is 3.54. The summed E-state index contributed by atoms with van der Waals surface area (Å²) in [4.78, 5) is 0.301. The molecule has 0 aromatic heterocycles. The van der Waals surface area contributed by atoms with Gasteiger partial charge in [0, 0.05) is 13.1 Å². The maximum absolute atomic E-state index is 12.5. The van der Waals surface area contributed by atoms with Crippen LogP contribution in [0.1, 0.15) is 13.3 Å². The van der Waals surface area contributed by atoms with E-state index in [9.17, 15) is 8.42 Å². The van der Waals surface area contributed by atoms with Gasteiger partial charge in [0.05, 0.1) is 12.0 Å². The molecule has 1 aliphatic heterocycles. The maximum atomic E-state index is 12.5. The summed E-state index contributed by atoms with van der Waals surface area (Å²) < 4.78 is 31.5. The maximum Gasteiger partial charge on any atom is 0.243 e. The van der Waals surface area contributed by atoms with Crippen LogP contribution in [0.15, 0.2) is 29.2 Å². The van der Waals surface area contributed by atoms with Gasteiger partial charge in [0.25, 0.3) is 0 Å². The minimum absolute atomic E-state index is 0. The predicted octanol–water partition coefficient (Wildman–Crippen LogP) is 1.48. The molecule has 2 rings (SSSR count). The van der Waals surface area contributed by atoms with Gasteiger partial charge in [0.1, 0.15) is 5.75 Å². The van der Waals surface area contributed by atoms with E-state index in [0.29, 0.717) is 30.3 Å². The molecule has 1 unspecified atom stereocenters. The topological polar surface area (TPSA) is 72.6 Å². The zero-order valence-corrected chi connectivity index (χ0v) is 13.3. The minimum Gasteiger partial charge on any atom is -0.497 e. The Morgan fingerprint density at radius 2 is 1.95 bits per heavy atom. The quantitative estimate of drug-likeness (QED) is 0.912. The van der Waals surface area contributed by atoms with Gasteiger partial charge < -0.3 is 10.5 Å². The van der Waals surface area contributed by atoms with Crippen molar-refractivity contribution < 1.29 is 13.2 Å². The summed E-state index contributed by atoms with van der Waals surface area (Å²) in [5.74, 6) is 0.646. The Bertz CT molecular complexity index is 547. The van der Waals surface area contributed by atoms with Crippen molar-refractivity contribution in [1.82, 2.24) is 4.31 Å². The number of methoxy groups -OCH3 is 1. The molecule has 1 aromatic carbocycles. The van der Waals surface area contributed by atoms with Crippen molar-refractivity contribution in [3.63, 3.8) is 0 Å². The lowest BCUT2D eigenvalue weighted by Crippen LogP contribution is -2.34. The standard InChI is InChI=1S/C13H20N2O3S.ClH/c1-13(9-14)7-8-15(10-13)19(16,17)12-5-3-11(18-2)4-6-12;/h3-6H,7-10,14H2,1-2H3;1H. The van der Waals surface area contributed by atoms with Crippen LogP contribution >= 0.6 is 12.4 Å². The van der Waals surface area contributed by atoms with Crippen LogP contribution < -0.4 is 10.5 Å². The van der Waals surface area contributed by atoms with Crippen molar-refractivity contribution in [1.29, 1.82) is 0 Å². The molecule has 7 heteroatoms. The molecule has 0 saturated carbocycles. The van der Waals surface area contributed by atoms with Crippen LogP contribution in [0.4, 0.5) is 0 Å². The molecule has 114 valence electrons. The number of rotatable bonds is 4. The first-order chi connectivity index (χ1) is 8.91. The third-order valence-corrected chi connectivity index (χ3v) is 5.57. The molecule has 20 heavy (non-hydrogen) atoms. The average Bonchev–Trinajstić information content (AvgIpc) is 2.83. The largest absolute Gasteiger partial charge is 0.497 e. The number of ether oxygens (including phenoxy) is 1. The molecule has 1 saturated heterocycles. The molecule has 5 nitrogen and oxygen atoms in total. The van der Waals surface area contributed by atoms with Gasteiger partial charge in [-0.25, -0.2) is 8.42 Å². The molecule has 0 amide bonds. The van der Waals surface area contributed by atoms with Crippen molar-refractivity contribution in [2.45, 2.75) is 18.2 Å². The van der Waals surface area contributed by atoms with Crippen molar-refractivity contribution in [3.05, 3.63) is 24.3 Å². The fraction of sp³-hybridized carbons (Fsp3) is 0.538. The number of nitrogens with two attached hydrogens (primary N) is 1. The minimum atomic E-state index is -3.42. The summed E-state index contributed by atoms with van der Waals surface area (Å²) in [7, 11) is -1.87. The number of benzene rings is 1. The van der Waals surface area contributed by atoms with Crippen LogP contribution in [0.2, 0.25) is 0 Å². The van der Waals surface area contributed by atoms with Gasteiger partial charge in [-0.05, 0) is 42.6 Å². The molecule has 0 bridgehead atoms. The van der Waals surface area contributed by atoms with Gasteiger partial charge in [-0.15, -0.1) is 12.4 Å². The number of hydrogen-bond acceptors (Lipinski definition) is 4. The van der Waals surface area contributed by atoms with Crippen LogP contribution in [0.25, 0.3) is 0 Å². The van der Waals surface area contributed by atoms with Crippen molar-refractivity contribution in [3.8, 4) is 5.75 Å². The Hall–Kier alpha value is -0.820. The lowest BCUT2D eigenvalue weighted by atomic mass is 9.90. The number of nitrogens with zero attached hydrogens (tertiary/aromatic N) is 1. The Morgan fingerprint density at radius 1 is 1.35 bits per heavy atom. The second kappa shape index (κ2) is 6.30. The molecule has 1 aromatic rings. The summed E-state index contributed by atoms with van der Waals surface area (Å²) in [6, 6.07) is 6.47. The average molecular weight is 321 g/mol. The summed E-state index contributed by atoms with van der Waals surface area (Å²) >= 11 is 0. The third-order valence-electron chi connectivity index (χ3n) is 3.71. The van der Waals surface area contributed by atoms with E-state index in [2.05, 4.69) is 0 Å². The summed E-state index contributed by atoms with van der Waals surface area (Å²) in [6.07, 6.45) is 0.804. The first kappa shape index (κ1) is 17.2. The van der Waals surface area contributed by atoms with Crippen LogP contribution in [0.3, 0.4) is 0 Å². The first-order valence-electron chi connectivity index (χ1n) is 6.26. The highest BCUT2D eigenvalue weighted by Gasteiger charge is 2.38. The zero-order valence-electron chi connectivity index (χ0n) is 11.7. The second-order valence-corrected chi connectivity index (χ2v) is 7.22. The molecular formula is C13H21ClN2O3S. The first-order valence-corrected chi connectivity index (χ1v) is 7.70. The number of halogens is 1. The molecule has 1 aliphatic rings. The van der Waals surface area contributed by atoms with E-state index in [1.165, 1.54) is 4.31 Å². The normalized spacial score (nSPS) is 23.4. The van der Waals surface area contributed by atoms with Gasteiger partial charge >= 0.3 is 0 Å². The van der Waals surface area contributed by atoms with E-state index >= 15 is 0 Å². The van der Waals surface area contributed by atoms with E-state index in [1.807, 2.05) is 6.92 Å². The fourth-order valence-electron chi connectivity index (χ4n) is 2.25. The number of sulfonamides is 1. The molecule has 0 spiro atoms. The Kier molecular flexibility index (Phi) is 5.43. The highest BCUT2D eigenvalue weighted by molar-refractivity contribution is 7.89.